The molecule has 0 saturated carbocycles. The molecule has 2 unspecified atom stereocenters. The molecule has 0 radical (unpaired) electrons. The van der Waals surface area contributed by atoms with Gasteiger partial charge in [0, 0.05) is 25.2 Å². The first kappa shape index (κ1) is 17.7. The van der Waals surface area contributed by atoms with Crippen molar-refractivity contribution in [2.24, 2.45) is 5.73 Å². The van der Waals surface area contributed by atoms with Crippen LogP contribution in [0.4, 0.5) is 0 Å². The second-order valence-corrected chi connectivity index (χ2v) is 6.18. The van der Waals surface area contributed by atoms with Gasteiger partial charge in [0.05, 0.1) is 10.0 Å². The van der Waals surface area contributed by atoms with Crippen LogP contribution in [0.25, 0.3) is 0 Å². The Kier molecular flexibility index (Phi) is 7.27. The number of nitrogens with zero attached hydrogens (tertiary/aromatic N) is 2. The molecule has 0 saturated heterocycles. The summed E-state index contributed by atoms with van der Waals surface area (Å²) in [7, 11) is 4.17. The first-order chi connectivity index (χ1) is 9.40. The van der Waals surface area contributed by atoms with Crippen molar-refractivity contribution in [3.63, 3.8) is 0 Å². The number of nitrogens with two attached hydrogens (primary N) is 1. The molecule has 5 heteroatoms. The zero-order valence-corrected chi connectivity index (χ0v) is 14.2. The Morgan fingerprint density at radius 2 is 1.85 bits per heavy atom. The molecule has 20 heavy (non-hydrogen) atoms. The molecule has 1 aromatic carbocycles. The highest BCUT2D eigenvalue weighted by Gasteiger charge is 2.23. The molecule has 2 atom stereocenters. The zero-order valence-electron chi connectivity index (χ0n) is 12.7. The minimum atomic E-state index is 0.157. The second-order valence-electron chi connectivity index (χ2n) is 5.37. The van der Waals surface area contributed by atoms with E-state index in [2.05, 4.69) is 37.7 Å². The topological polar surface area (TPSA) is 32.5 Å². The van der Waals surface area contributed by atoms with E-state index < -0.39 is 0 Å². The van der Waals surface area contributed by atoms with Crippen molar-refractivity contribution in [1.82, 2.24) is 9.80 Å². The van der Waals surface area contributed by atoms with Gasteiger partial charge in [-0.3, -0.25) is 4.90 Å². The third-order valence-electron chi connectivity index (χ3n) is 3.51. The Morgan fingerprint density at radius 3 is 2.30 bits per heavy atom. The molecule has 1 rings (SSSR count). The van der Waals surface area contributed by atoms with Crippen LogP contribution in [-0.2, 0) is 0 Å². The lowest BCUT2D eigenvalue weighted by Gasteiger charge is -2.36. The predicted molar refractivity (Wildman–Crippen MR) is 88.7 cm³/mol. The van der Waals surface area contributed by atoms with Gasteiger partial charge in [0.2, 0.25) is 0 Å². The number of rotatable bonds is 7. The van der Waals surface area contributed by atoms with Gasteiger partial charge in [0.15, 0.2) is 0 Å². The van der Waals surface area contributed by atoms with E-state index >= 15 is 0 Å². The summed E-state index contributed by atoms with van der Waals surface area (Å²) in [6.07, 6.45) is 0. The van der Waals surface area contributed by atoms with Crippen molar-refractivity contribution < 1.29 is 0 Å². The van der Waals surface area contributed by atoms with E-state index in [4.69, 9.17) is 28.9 Å². The first-order valence-electron chi connectivity index (χ1n) is 6.96. The van der Waals surface area contributed by atoms with Gasteiger partial charge in [-0.2, -0.15) is 0 Å². The Balaban J connectivity index is 2.98. The Labute approximate surface area is 132 Å². The van der Waals surface area contributed by atoms with Crippen LogP contribution in [0.2, 0.25) is 10.0 Å². The number of hydrogen-bond donors (Lipinski definition) is 1. The van der Waals surface area contributed by atoms with Gasteiger partial charge in [0.1, 0.15) is 0 Å². The fourth-order valence-electron chi connectivity index (χ4n) is 2.66. The smallest absolute Gasteiger partial charge is 0.0595 e. The highest BCUT2D eigenvalue weighted by molar-refractivity contribution is 6.42. The van der Waals surface area contributed by atoms with E-state index in [1.54, 1.807) is 0 Å². The normalized spacial score (nSPS) is 14.8. The Hall–Kier alpha value is -0.320. The maximum atomic E-state index is 6.13. The first-order valence-corrected chi connectivity index (χ1v) is 7.71. The fraction of sp³-hybridized carbons (Fsp3) is 0.600. The van der Waals surface area contributed by atoms with Gasteiger partial charge in [0.25, 0.3) is 0 Å². The lowest BCUT2D eigenvalue weighted by molar-refractivity contribution is 0.131. The molecular formula is C15H25Cl2N3. The molecule has 3 nitrogen and oxygen atoms in total. The maximum Gasteiger partial charge on any atom is 0.0595 e. The van der Waals surface area contributed by atoms with E-state index in [1.165, 1.54) is 0 Å². The summed E-state index contributed by atoms with van der Waals surface area (Å²) < 4.78 is 0. The van der Waals surface area contributed by atoms with Crippen molar-refractivity contribution in [3.05, 3.63) is 33.8 Å². The van der Waals surface area contributed by atoms with Gasteiger partial charge < -0.3 is 10.6 Å². The van der Waals surface area contributed by atoms with Crippen LogP contribution in [0.3, 0.4) is 0 Å². The molecule has 1 aromatic rings. The standard InChI is InChI=1S/C15H25Cl2N3/c1-5-20(11(2)10-19(3)4)15(9-18)12-6-7-13(16)14(17)8-12/h6-8,11,15H,5,9-10,18H2,1-4H3. The van der Waals surface area contributed by atoms with Gasteiger partial charge in [-0.25, -0.2) is 0 Å². The van der Waals surface area contributed by atoms with Crippen molar-refractivity contribution >= 4 is 23.2 Å². The minimum absolute atomic E-state index is 0.157. The molecule has 0 fully saturated rings. The summed E-state index contributed by atoms with van der Waals surface area (Å²) in [6.45, 7) is 6.88. The number of hydrogen-bond acceptors (Lipinski definition) is 3. The average molecular weight is 318 g/mol. The lowest BCUT2D eigenvalue weighted by atomic mass is 10.0. The van der Waals surface area contributed by atoms with Gasteiger partial charge in [-0.1, -0.05) is 36.2 Å². The predicted octanol–water partition coefficient (Wildman–Crippen LogP) is 3.27. The summed E-state index contributed by atoms with van der Waals surface area (Å²) in [5, 5.41) is 1.16. The monoisotopic (exact) mass is 317 g/mol. The average Bonchev–Trinajstić information content (AvgIpc) is 2.38. The SMILES string of the molecule is CCN(C(C)CN(C)C)C(CN)c1ccc(Cl)c(Cl)c1. The summed E-state index contributed by atoms with van der Waals surface area (Å²) in [5.41, 5.74) is 7.13. The van der Waals surface area contributed by atoms with E-state index in [9.17, 15) is 0 Å². The van der Waals surface area contributed by atoms with Crippen LogP contribution < -0.4 is 5.73 Å². The molecule has 0 aliphatic rings. The van der Waals surface area contributed by atoms with Crippen molar-refractivity contribution in [3.8, 4) is 0 Å². The van der Waals surface area contributed by atoms with Crippen LogP contribution in [0, 0.1) is 0 Å². The summed E-state index contributed by atoms with van der Waals surface area (Å²) >= 11 is 12.1. The molecule has 0 aliphatic carbocycles. The van der Waals surface area contributed by atoms with Crippen LogP contribution >= 0.6 is 23.2 Å². The van der Waals surface area contributed by atoms with Crippen LogP contribution in [0.1, 0.15) is 25.5 Å². The molecule has 0 heterocycles. The van der Waals surface area contributed by atoms with E-state index in [-0.39, 0.29) is 6.04 Å². The van der Waals surface area contributed by atoms with Crippen LogP contribution in [0.5, 0.6) is 0 Å². The fourth-order valence-corrected chi connectivity index (χ4v) is 2.96. The van der Waals surface area contributed by atoms with Crippen LogP contribution in [0.15, 0.2) is 18.2 Å². The number of halogens is 2. The highest BCUT2D eigenvalue weighted by atomic mass is 35.5. The summed E-state index contributed by atoms with van der Waals surface area (Å²) in [5.74, 6) is 0. The largest absolute Gasteiger partial charge is 0.329 e. The van der Waals surface area contributed by atoms with Gasteiger partial charge in [-0.15, -0.1) is 0 Å². The Morgan fingerprint density at radius 1 is 1.20 bits per heavy atom. The molecule has 0 spiro atoms. The third-order valence-corrected chi connectivity index (χ3v) is 4.25. The number of likely N-dealkylation sites (N-methyl/N-ethyl adjacent to an activating group) is 2. The molecule has 2 N–H and O–H groups in total. The van der Waals surface area contributed by atoms with E-state index in [1.807, 2.05) is 18.2 Å². The van der Waals surface area contributed by atoms with Crippen molar-refractivity contribution in [1.29, 1.82) is 0 Å². The molecular weight excluding hydrogens is 293 g/mol. The van der Waals surface area contributed by atoms with Gasteiger partial charge >= 0.3 is 0 Å². The molecule has 0 bridgehead atoms. The summed E-state index contributed by atoms with van der Waals surface area (Å²) in [4.78, 5) is 4.59. The lowest BCUT2D eigenvalue weighted by Crippen LogP contribution is -2.44. The second kappa shape index (κ2) is 8.20. The van der Waals surface area contributed by atoms with Crippen LogP contribution in [-0.4, -0.2) is 49.6 Å². The summed E-state index contributed by atoms with van der Waals surface area (Å²) in [6, 6.07) is 6.35. The van der Waals surface area contributed by atoms with Crippen molar-refractivity contribution in [2.75, 3.05) is 33.7 Å². The molecule has 114 valence electrons. The van der Waals surface area contributed by atoms with E-state index in [0.717, 1.165) is 18.7 Å². The van der Waals surface area contributed by atoms with Gasteiger partial charge in [-0.05, 0) is 45.3 Å². The molecule has 0 aromatic heterocycles. The van der Waals surface area contributed by atoms with Crippen molar-refractivity contribution in [2.45, 2.75) is 25.9 Å². The highest BCUT2D eigenvalue weighted by Crippen LogP contribution is 2.28. The number of benzene rings is 1. The third kappa shape index (κ3) is 4.61. The van der Waals surface area contributed by atoms with E-state index in [0.29, 0.717) is 22.6 Å². The maximum absolute atomic E-state index is 6.13. The zero-order chi connectivity index (χ0) is 15.3. The minimum Gasteiger partial charge on any atom is -0.329 e. The molecule has 0 amide bonds. The quantitative estimate of drug-likeness (QED) is 0.837. The molecule has 0 aliphatic heterocycles. The Bertz CT molecular complexity index is 424.